The summed E-state index contributed by atoms with van der Waals surface area (Å²) in [5.74, 6) is -0.827. The summed E-state index contributed by atoms with van der Waals surface area (Å²) in [6.07, 6.45) is 0. The third-order valence-electron chi connectivity index (χ3n) is 2.92. The molecule has 4 nitrogen and oxygen atoms in total. The predicted octanol–water partition coefficient (Wildman–Crippen LogP) is 2.65. The van der Waals surface area contributed by atoms with Crippen molar-refractivity contribution < 1.29 is 9.59 Å². The number of nitrogens with one attached hydrogen (secondary N) is 1. The molecule has 0 spiro atoms. The molecule has 2 amide bonds. The van der Waals surface area contributed by atoms with Gasteiger partial charge in [0.25, 0.3) is 11.8 Å². The van der Waals surface area contributed by atoms with Crippen LogP contribution in [0, 0.1) is 13.8 Å². The fraction of sp³-hybridized carbons (Fsp3) is 0.125. The Labute approximate surface area is 117 Å². The zero-order valence-corrected chi connectivity index (χ0v) is 11.4. The van der Waals surface area contributed by atoms with E-state index in [-0.39, 0.29) is 5.91 Å². The van der Waals surface area contributed by atoms with Gasteiger partial charge in [0.1, 0.15) is 0 Å². The summed E-state index contributed by atoms with van der Waals surface area (Å²) in [5, 5.41) is 2.72. The maximum atomic E-state index is 12.2. The van der Waals surface area contributed by atoms with Crippen LogP contribution < -0.4 is 11.1 Å². The Kier molecular flexibility index (Phi) is 3.84. The molecule has 0 bridgehead atoms. The molecular formula is C16H16N2O2. The highest BCUT2D eigenvalue weighted by Gasteiger charge is 2.12. The molecule has 0 aliphatic carbocycles. The van der Waals surface area contributed by atoms with Crippen molar-refractivity contribution in [3.63, 3.8) is 0 Å². The van der Waals surface area contributed by atoms with Gasteiger partial charge < -0.3 is 11.1 Å². The lowest BCUT2D eigenvalue weighted by atomic mass is 10.1. The molecule has 102 valence electrons. The summed E-state index contributed by atoms with van der Waals surface area (Å²) in [5.41, 5.74) is 8.59. The number of benzene rings is 2. The van der Waals surface area contributed by atoms with Gasteiger partial charge in [0.15, 0.2) is 0 Å². The monoisotopic (exact) mass is 268 g/mol. The first-order valence-corrected chi connectivity index (χ1v) is 6.26. The summed E-state index contributed by atoms with van der Waals surface area (Å²) in [7, 11) is 0. The Hall–Kier alpha value is -2.62. The summed E-state index contributed by atoms with van der Waals surface area (Å²) in [6.45, 7) is 3.86. The van der Waals surface area contributed by atoms with Crippen molar-refractivity contribution in [2.75, 3.05) is 5.32 Å². The molecule has 2 aromatic carbocycles. The summed E-state index contributed by atoms with van der Waals surface area (Å²) >= 11 is 0. The third kappa shape index (κ3) is 3.03. The van der Waals surface area contributed by atoms with Crippen molar-refractivity contribution in [1.82, 2.24) is 0 Å². The van der Waals surface area contributed by atoms with Crippen LogP contribution in [0.4, 0.5) is 5.69 Å². The van der Waals surface area contributed by atoms with Crippen LogP contribution >= 0.6 is 0 Å². The van der Waals surface area contributed by atoms with Crippen molar-refractivity contribution >= 4 is 17.5 Å². The maximum Gasteiger partial charge on any atom is 0.255 e. The standard InChI is InChI=1S/C16H16N2O2/c1-10-7-11(2)9-12(8-10)16(20)18-14-6-4-3-5-13(14)15(17)19/h3-9H,1-2H3,(H2,17,19)(H,18,20). The number of para-hydroxylation sites is 1. The second-order valence-corrected chi connectivity index (χ2v) is 4.74. The van der Waals surface area contributed by atoms with Crippen molar-refractivity contribution in [3.05, 3.63) is 64.7 Å². The summed E-state index contributed by atoms with van der Waals surface area (Å²) in [6, 6.07) is 12.3. The number of carbonyl (C=O) groups is 2. The maximum absolute atomic E-state index is 12.2. The molecule has 0 aliphatic rings. The molecule has 0 fully saturated rings. The lowest BCUT2D eigenvalue weighted by Crippen LogP contribution is -2.18. The molecular weight excluding hydrogens is 252 g/mol. The Morgan fingerprint density at radius 3 is 2.20 bits per heavy atom. The Morgan fingerprint density at radius 1 is 1.00 bits per heavy atom. The SMILES string of the molecule is Cc1cc(C)cc(C(=O)Nc2ccccc2C(N)=O)c1. The minimum absolute atomic E-state index is 0.259. The molecule has 0 aliphatic heterocycles. The van der Waals surface area contributed by atoms with Crippen molar-refractivity contribution in [3.8, 4) is 0 Å². The van der Waals surface area contributed by atoms with E-state index in [1.165, 1.54) is 0 Å². The molecule has 4 heteroatoms. The van der Waals surface area contributed by atoms with Gasteiger partial charge in [-0.3, -0.25) is 9.59 Å². The van der Waals surface area contributed by atoms with E-state index in [1.807, 2.05) is 19.9 Å². The average molecular weight is 268 g/mol. The van der Waals surface area contributed by atoms with Crippen LogP contribution in [0.2, 0.25) is 0 Å². The van der Waals surface area contributed by atoms with Gasteiger partial charge >= 0.3 is 0 Å². The fourth-order valence-corrected chi connectivity index (χ4v) is 2.11. The molecule has 0 saturated carbocycles. The first kappa shape index (κ1) is 13.8. The van der Waals surface area contributed by atoms with Gasteiger partial charge in [0.2, 0.25) is 0 Å². The third-order valence-corrected chi connectivity index (χ3v) is 2.92. The topological polar surface area (TPSA) is 72.2 Å². The molecule has 2 rings (SSSR count). The van der Waals surface area contributed by atoms with E-state index in [0.717, 1.165) is 11.1 Å². The van der Waals surface area contributed by atoms with Crippen molar-refractivity contribution in [1.29, 1.82) is 0 Å². The average Bonchev–Trinajstić information content (AvgIpc) is 2.37. The van der Waals surface area contributed by atoms with Crippen molar-refractivity contribution in [2.24, 2.45) is 5.73 Å². The molecule has 0 atom stereocenters. The number of carbonyl (C=O) groups excluding carboxylic acids is 2. The number of rotatable bonds is 3. The van der Waals surface area contributed by atoms with Crippen LogP contribution in [-0.4, -0.2) is 11.8 Å². The molecule has 20 heavy (non-hydrogen) atoms. The van der Waals surface area contributed by atoms with Gasteiger partial charge in [-0.25, -0.2) is 0 Å². The normalized spacial score (nSPS) is 10.1. The first-order chi connectivity index (χ1) is 9.47. The van der Waals surface area contributed by atoms with Crippen LogP contribution in [0.1, 0.15) is 31.8 Å². The zero-order valence-electron chi connectivity index (χ0n) is 11.4. The number of aryl methyl sites for hydroxylation is 2. The summed E-state index contributed by atoms with van der Waals surface area (Å²) < 4.78 is 0. The predicted molar refractivity (Wildman–Crippen MR) is 78.8 cm³/mol. The highest BCUT2D eigenvalue weighted by Crippen LogP contribution is 2.16. The van der Waals surface area contributed by atoms with Crippen LogP contribution in [0.5, 0.6) is 0 Å². The Bertz CT molecular complexity index is 658. The fourth-order valence-electron chi connectivity index (χ4n) is 2.11. The number of hydrogen-bond donors (Lipinski definition) is 2. The molecule has 0 heterocycles. The van der Waals surface area contributed by atoms with Gasteiger partial charge in [0.05, 0.1) is 11.3 Å². The summed E-state index contributed by atoms with van der Waals surface area (Å²) in [4.78, 5) is 23.5. The van der Waals surface area contributed by atoms with Crippen molar-refractivity contribution in [2.45, 2.75) is 13.8 Å². The molecule has 3 N–H and O–H groups in total. The highest BCUT2D eigenvalue weighted by molar-refractivity contribution is 6.08. The van der Waals surface area contributed by atoms with E-state index < -0.39 is 5.91 Å². The van der Waals surface area contributed by atoms with Crippen LogP contribution in [-0.2, 0) is 0 Å². The minimum Gasteiger partial charge on any atom is -0.366 e. The van der Waals surface area contributed by atoms with Gasteiger partial charge in [-0.1, -0.05) is 29.3 Å². The van der Waals surface area contributed by atoms with E-state index in [2.05, 4.69) is 5.32 Å². The Balaban J connectivity index is 2.30. The van der Waals surface area contributed by atoms with Crippen LogP contribution in [0.15, 0.2) is 42.5 Å². The largest absolute Gasteiger partial charge is 0.366 e. The van der Waals surface area contributed by atoms with E-state index in [9.17, 15) is 9.59 Å². The minimum atomic E-state index is -0.568. The lowest BCUT2D eigenvalue weighted by Gasteiger charge is -2.09. The van der Waals surface area contributed by atoms with Gasteiger partial charge in [0, 0.05) is 5.56 Å². The highest BCUT2D eigenvalue weighted by atomic mass is 16.2. The Morgan fingerprint density at radius 2 is 1.60 bits per heavy atom. The quantitative estimate of drug-likeness (QED) is 0.898. The number of amides is 2. The van der Waals surface area contributed by atoms with Gasteiger partial charge in [-0.2, -0.15) is 0 Å². The van der Waals surface area contributed by atoms with Crippen LogP contribution in [0.3, 0.4) is 0 Å². The smallest absolute Gasteiger partial charge is 0.255 e. The number of primary amides is 1. The van der Waals surface area contributed by atoms with Crippen LogP contribution in [0.25, 0.3) is 0 Å². The molecule has 0 unspecified atom stereocenters. The van der Waals surface area contributed by atoms with Gasteiger partial charge in [-0.05, 0) is 38.1 Å². The van der Waals surface area contributed by atoms with E-state index in [1.54, 1.807) is 36.4 Å². The van der Waals surface area contributed by atoms with E-state index >= 15 is 0 Å². The lowest BCUT2D eigenvalue weighted by molar-refractivity contribution is 0.100. The number of nitrogens with two attached hydrogens (primary N) is 1. The molecule has 0 aromatic heterocycles. The first-order valence-electron chi connectivity index (χ1n) is 6.26. The second-order valence-electron chi connectivity index (χ2n) is 4.74. The number of hydrogen-bond acceptors (Lipinski definition) is 2. The van der Waals surface area contributed by atoms with E-state index in [0.29, 0.717) is 16.8 Å². The number of anilines is 1. The molecule has 0 radical (unpaired) electrons. The second kappa shape index (κ2) is 5.57. The van der Waals surface area contributed by atoms with Gasteiger partial charge in [-0.15, -0.1) is 0 Å². The van der Waals surface area contributed by atoms with E-state index in [4.69, 9.17) is 5.73 Å². The molecule has 2 aromatic rings. The molecule has 0 saturated heterocycles. The zero-order chi connectivity index (χ0) is 14.7.